The summed E-state index contributed by atoms with van der Waals surface area (Å²) in [5, 5.41) is 10.8. The number of esters is 1. The van der Waals surface area contributed by atoms with E-state index in [4.69, 9.17) is 0 Å². The molecule has 0 radical (unpaired) electrons. The van der Waals surface area contributed by atoms with E-state index in [2.05, 4.69) is 20.7 Å². The lowest BCUT2D eigenvalue weighted by molar-refractivity contribution is 0.0595. The maximum absolute atomic E-state index is 12.6. The molecule has 1 saturated carbocycles. The lowest BCUT2D eigenvalue weighted by atomic mass is 10.1. The third-order valence-corrected chi connectivity index (χ3v) is 4.54. The number of aryl methyl sites for hydroxylation is 1. The Morgan fingerprint density at radius 2 is 2.18 bits per heavy atom. The largest absolute Gasteiger partial charge is 0.506 e. The minimum atomic E-state index is -0.813. The highest BCUT2D eigenvalue weighted by atomic mass is 79.9. The third kappa shape index (κ3) is 2.63. The number of carbonyl (C=O) groups is 1. The second-order valence-electron chi connectivity index (χ2n) is 5.57. The zero-order chi connectivity index (χ0) is 15.9. The van der Waals surface area contributed by atoms with Crippen LogP contribution < -0.4 is 5.56 Å². The summed E-state index contributed by atoms with van der Waals surface area (Å²) in [5.41, 5.74) is -0.186. The number of nitrogens with zero attached hydrogens (tertiary/aromatic N) is 1. The zero-order valence-corrected chi connectivity index (χ0v) is 13.7. The third-order valence-electron chi connectivity index (χ3n) is 4.05. The van der Waals surface area contributed by atoms with Crippen molar-refractivity contribution in [2.24, 2.45) is 5.92 Å². The van der Waals surface area contributed by atoms with Crippen LogP contribution in [-0.4, -0.2) is 22.8 Å². The van der Waals surface area contributed by atoms with Gasteiger partial charge in [0.05, 0.1) is 12.6 Å². The summed E-state index contributed by atoms with van der Waals surface area (Å²) in [7, 11) is 1.20. The Morgan fingerprint density at radius 1 is 1.45 bits per heavy atom. The first-order valence-corrected chi connectivity index (χ1v) is 7.95. The first-order chi connectivity index (χ1) is 10.5. The minimum absolute atomic E-state index is 0.298. The molecule has 22 heavy (non-hydrogen) atoms. The quantitative estimate of drug-likeness (QED) is 0.845. The van der Waals surface area contributed by atoms with E-state index in [0.717, 1.165) is 10.9 Å². The number of ether oxygens (including phenoxy) is 1. The molecular formula is C16H16BrNO4. The van der Waals surface area contributed by atoms with Crippen molar-refractivity contribution >= 4 is 32.8 Å². The molecule has 0 aliphatic heterocycles. The Morgan fingerprint density at radius 3 is 2.82 bits per heavy atom. The molecule has 5 nitrogen and oxygen atoms in total. The topological polar surface area (TPSA) is 68.5 Å². The van der Waals surface area contributed by atoms with Gasteiger partial charge in [-0.3, -0.25) is 4.79 Å². The molecule has 1 aromatic heterocycles. The summed E-state index contributed by atoms with van der Waals surface area (Å²) in [6, 6.07) is 5.23. The number of halogens is 1. The lowest BCUT2D eigenvalue weighted by Crippen LogP contribution is -2.28. The number of methoxy groups -OCH3 is 1. The van der Waals surface area contributed by atoms with Crippen molar-refractivity contribution in [2.45, 2.75) is 25.8 Å². The fraction of sp³-hybridized carbons (Fsp3) is 0.375. The standard InChI is InChI=1S/C16H16BrNO4/c1-22-16(21)13-14(19)11-5-4-10(17)8-12(11)18(15(13)20)7-6-9-2-3-9/h4-5,8-9,19H,2-3,6-7H2,1H3. The summed E-state index contributed by atoms with van der Waals surface area (Å²) in [4.78, 5) is 24.5. The van der Waals surface area contributed by atoms with Crippen LogP contribution in [0.3, 0.4) is 0 Å². The van der Waals surface area contributed by atoms with Gasteiger partial charge < -0.3 is 14.4 Å². The van der Waals surface area contributed by atoms with Gasteiger partial charge >= 0.3 is 5.97 Å². The fourth-order valence-corrected chi connectivity index (χ4v) is 2.98. The number of carbonyl (C=O) groups excluding carboxylic acids is 1. The molecule has 0 spiro atoms. The van der Waals surface area contributed by atoms with Crippen LogP contribution >= 0.6 is 15.9 Å². The molecule has 116 valence electrons. The number of rotatable bonds is 4. The van der Waals surface area contributed by atoms with Crippen molar-refractivity contribution in [1.29, 1.82) is 0 Å². The summed E-state index contributed by atoms with van der Waals surface area (Å²) >= 11 is 3.38. The normalized spacial score (nSPS) is 14.3. The van der Waals surface area contributed by atoms with E-state index >= 15 is 0 Å². The van der Waals surface area contributed by atoms with E-state index < -0.39 is 11.5 Å². The van der Waals surface area contributed by atoms with E-state index in [1.165, 1.54) is 20.0 Å². The molecule has 0 bridgehead atoms. The minimum Gasteiger partial charge on any atom is -0.506 e. The summed E-state index contributed by atoms with van der Waals surface area (Å²) in [5.74, 6) is -0.473. The molecule has 1 N–H and O–H groups in total. The predicted octanol–water partition coefficient (Wildman–Crippen LogP) is 3.06. The van der Waals surface area contributed by atoms with Crippen LogP contribution in [0, 0.1) is 5.92 Å². The SMILES string of the molecule is COC(=O)c1c(O)c2ccc(Br)cc2n(CCC2CC2)c1=O. The van der Waals surface area contributed by atoms with E-state index in [9.17, 15) is 14.7 Å². The van der Waals surface area contributed by atoms with Gasteiger partial charge in [-0.2, -0.15) is 0 Å². The van der Waals surface area contributed by atoms with Crippen LogP contribution in [0.2, 0.25) is 0 Å². The molecule has 1 heterocycles. The molecule has 0 saturated heterocycles. The van der Waals surface area contributed by atoms with Crippen LogP contribution in [-0.2, 0) is 11.3 Å². The average molecular weight is 366 g/mol. The maximum atomic E-state index is 12.6. The highest BCUT2D eigenvalue weighted by Crippen LogP contribution is 2.34. The molecule has 0 unspecified atom stereocenters. The van der Waals surface area contributed by atoms with Crippen molar-refractivity contribution in [3.63, 3.8) is 0 Å². The van der Waals surface area contributed by atoms with Gasteiger partial charge in [0.25, 0.3) is 5.56 Å². The molecule has 1 aliphatic rings. The number of aromatic hydroxyl groups is 1. The maximum Gasteiger partial charge on any atom is 0.347 e. The molecule has 0 amide bonds. The second-order valence-corrected chi connectivity index (χ2v) is 6.48. The van der Waals surface area contributed by atoms with Gasteiger partial charge in [-0.05, 0) is 30.5 Å². The molecule has 1 aliphatic carbocycles. The van der Waals surface area contributed by atoms with E-state index in [1.54, 1.807) is 22.8 Å². The molecule has 6 heteroatoms. The van der Waals surface area contributed by atoms with Gasteiger partial charge in [0.1, 0.15) is 5.75 Å². The molecule has 0 atom stereocenters. The second kappa shape index (κ2) is 5.76. The predicted molar refractivity (Wildman–Crippen MR) is 86.3 cm³/mol. The van der Waals surface area contributed by atoms with Crippen molar-refractivity contribution < 1.29 is 14.6 Å². The Labute approximate surface area is 135 Å². The van der Waals surface area contributed by atoms with Gasteiger partial charge in [-0.15, -0.1) is 0 Å². The molecule has 2 aromatic rings. The van der Waals surface area contributed by atoms with Gasteiger partial charge in [0, 0.05) is 16.4 Å². The van der Waals surface area contributed by atoms with Gasteiger partial charge in [0.2, 0.25) is 0 Å². The molecule has 1 aromatic carbocycles. The van der Waals surface area contributed by atoms with Crippen LogP contribution in [0.1, 0.15) is 29.6 Å². The fourth-order valence-electron chi connectivity index (χ4n) is 2.63. The number of aromatic nitrogens is 1. The monoisotopic (exact) mass is 365 g/mol. The van der Waals surface area contributed by atoms with Crippen molar-refractivity contribution in [1.82, 2.24) is 4.57 Å². The van der Waals surface area contributed by atoms with Crippen LogP contribution in [0.5, 0.6) is 5.75 Å². The molecule has 1 fully saturated rings. The number of hydrogen-bond donors (Lipinski definition) is 1. The first kappa shape index (κ1) is 15.1. The van der Waals surface area contributed by atoms with Crippen LogP contribution in [0.4, 0.5) is 0 Å². The van der Waals surface area contributed by atoms with E-state index in [1.807, 2.05) is 0 Å². The molecule has 3 rings (SSSR count). The number of hydrogen-bond acceptors (Lipinski definition) is 4. The lowest BCUT2D eigenvalue weighted by Gasteiger charge is -2.14. The van der Waals surface area contributed by atoms with Crippen LogP contribution in [0.15, 0.2) is 27.5 Å². The van der Waals surface area contributed by atoms with Crippen molar-refractivity contribution in [3.05, 3.63) is 38.6 Å². The smallest absolute Gasteiger partial charge is 0.347 e. The number of pyridine rings is 1. The van der Waals surface area contributed by atoms with E-state index in [0.29, 0.717) is 23.4 Å². The van der Waals surface area contributed by atoms with Gasteiger partial charge in [-0.25, -0.2) is 4.79 Å². The Bertz CT molecular complexity index is 808. The summed E-state index contributed by atoms with van der Waals surface area (Å²) in [6.07, 6.45) is 3.28. The Hall–Kier alpha value is -1.82. The number of benzene rings is 1. The van der Waals surface area contributed by atoms with E-state index in [-0.39, 0.29) is 11.3 Å². The first-order valence-electron chi connectivity index (χ1n) is 7.16. The average Bonchev–Trinajstić information content (AvgIpc) is 3.30. The van der Waals surface area contributed by atoms with Crippen molar-refractivity contribution in [3.8, 4) is 5.75 Å². The Balaban J connectivity index is 2.25. The van der Waals surface area contributed by atoms with Crippen molar-refractivity contribution in [2.75, 3.05) is 7.11 Å². The summed E-state index contributed by atoms with van der Waals surface area (Å²) < 4.78 is 7.01. The number of fused-ring (bicyclic) bond motifs is 1. The zero-order valence-electron chi connectivity index (χ0n) is 12.1. The van der Waals surface area contributed by atoms with Gasteiger partial charge in [-0.1, -0.05) is 28.8 Å². The van der Waals surface area contributed by atoms with Gasteiger partial charge in [0.15, 0.2) is 5.56 Å². The molecular weight excluding hydrogens is 350 g/mol. The summed E-state index contributed by atoms with van der Waals surface area (Å²) in [6.45, 7) is 0.528. The highest BCUT2D eigenvalue weighted by Gasteiger charge is 2.25. The van der Waals surface area contributed by atoms with Crippen LogP contribution in [0.25, 0.3) is 10.9 Å². The highest BCUT2D eigenvalue weighted by molar-refractivity contribution is 9.10. The Kier molecular flexibility index (Phi) is 3.95.